The summed E-state index contributed by atoms with van der Waals surface area (Å²) in [5.41, 5.74) is 1.17. The molecule has 4 rings (SSSR count). The van der Waals surface area contributed by atoms with E-state index in [1.54, 1.807) is 41.7 Å². The van der Waals surface area contributed by atoms with Gasteiger partial charge in [-0.1, -0.05) is 0 Å². The number of aromatic nitrogens is 4. The molecule has 8 heteroatoms. The highest BCUT2D eigenvalue weighted by Crippen LogP contribution is 2.33. The first-order valence-corrected chi connectivity index (χ1v) is 8.73. The van der Waals surface area contributed by atoms with Gasteiger partial charge in [-0.05, 0) is 43.2 Å². The van der Waals surface area contributed by atoms with E-state index < -0.39 is 0 Å². The fraction of sp³-hybridized carbons (Fsp3) is 0.263. The molecule has 0 aliphatic carbocycles. The molecule has 1 aliphatic rings. The number of halogens is 1. The fourth-order valence-corrected chi connectivity index (χ4v) is 3.24. The Hall–Kier alpha value is -3.29. The molecular formula is C19H18FN5O2. The first-order valence-electron chi connectivity index (χ1n) is 8.73. The molecule has 1 aliphatic heterocycles. The van der Waals surface area contributed by atoms with E-state index in [1.165, 1.54) is 12.1 Å². The van der Waals surface area contributed by atoms with Crippen LogP contribution in [0.2, 0.25) is 0 Å². The van der Waals surface area contributed by atoms with Gasteiger partial charge in [0.25, 0.3) is 5.91 Å². The fourth-order valence-electron chi connectivity index (χ4n) is 3.24. The first kappa shape index (κ1) is 17.1. The molecule has 0 unspecified atom stereocenters. The van der Waals surface area contributed by atoms with Crippen LogP contribution in [0.4, 0.5) is 4.39 Å². The number of rotatable bonds is 4. The molecule has 1 N–H and O–H groups in total. The van der Waals surface area contributed by atoms with Gasteiger partial charge in [-0.2, -0.15) is 5.10 Å². The van der Waals surface area contributed by atoms with Crippen molar-refractivity contribution in [3.8, 4) is 11.6 Å². The number of amides is 1. The predicted octanol–water partition coefficient (Wildman–Crippen LogP) is 3.15. The second kappa shape index (κ2) is 7.53. The van der Waals surface area contributed by atoms with Crippen LogP contribution < -0.4 is 4.74 Å². The molecule has 7 nitrogen and oxygen atoms in total. The molecule has 3 aromatic rings. The average molecular weight is 367 g/mol. The van der Waals surface area contributed by atoms with Crippen LogP contribution in [0.15, 0.2) is 48.9 Å². The van der Waals surface area contributed by atoms with Gasteiger partial charge in [0.05, 0.1) is 0 Å². The van der Waals surface area contributed by atoms with Crippen LogP contribution in [0.5, 0.6) is 11.6 Å². The molecule has 27 heavy (non-hydrogen) atoms. The van der Waals surface area contributed by atoms with Crippen molar-refractivity contribution in [2.24, 2.45) is 0 Å². The quantitative estimate of drug-likeness (QED) is 0.766. The number of ether oxygens (including phenoxy) is 1. The van der Waals surface area contributed by atoms with Crippen molar-refractivity contribution in [1.29, 1.82) is 0 Å². The van der Waals surface area contributed by atoms with Crippen molar-refractivity contribution in [3.63, 3.8) is 0 Å². The number of carbonyl (C=O) groups excluding carboxylic acids is 1. The van der Waals surface area contributed by atoms with Crippen molar-refractivity contribution >= 4 is 5.91 Å². The number of piperidine rings is 1. The Bertz CT molecular complexity index is 914. The average Bonchev–Trinajstić information content (AvgIpc) is 3.24. The third-order valence-corrected chi connectivity index (χ3v) is 4.55. The summed E-state index contributed by atoms with van der Waals surface area (Å²) in [7, 11) is 0. The Morgan fingerprint density at radius 1 is 1.15 bits per heavy atom. The monoisotopic (exact) mass is 367 g/mol. The molecule has 0 bridgehead atoms. The number of hydrogen-bond acceptors (Lipinski definition) is 5. The molecule has 1 saturated heterocycles. The smallest absolute Gasteiger partial charge is 0.271 e. The van der Waals surface area contributed by atoms with E-state index in [-0.39, 0.29) is 17.6 Å². The highest BCUT2D eigenvalue weighted by Gasteiger charge is 2.29. The minimum atomic E-state index is -0.332. The number of hydrogen-bond donors (Lipinski definition) is 1. The minimum Gasteiger partial charge on any atom is -0.437 e. The summed E-state index contributed by atoms with van der Waals surface area (Å²) < 4.78 is 18.9. The first-order chi connectivity index (χ1) is 13.2. The maximum absolute atomic E-state index is 13.1. The zero-order chi connectivity index (χ0) is 18.6. The van der Waals surface area contributed by atoms with Crippen LogP contribution in [0.25, 0.3) is 0 Å². The highest BCUT2D eigenvalue weighted by molar-refractivity contribution is 5.92. The van der Waals surface area contributed by atoms with Gasteiger partial charge >= 0.3 is 0 Å². The van der Waals surface area contributed by atoms with Crippen LogP contribution in [0.3, 0.4) is 0 Å². The molecule has 0 spiro atoms. The maximum Gasteiger partial charge on any atom is 0.271 e. The van der Waals surface area contributed by atoms with Crippen LogP contribution in [-0.2, 0) is 0 Å². The number of likely N-dealkylation sites (tertiary alicyclic amines) is 1. The van der Waals surface area contributed by atoms with E-state index in [2.05, 4.69) is 20.2 Å². The van der Waals surface area contributed by atoms with Gasteiger partial charge in [0.1, 0.15) is 23.0 Å². The van der Waals surface area contributed by atoms with E-state index >= 15 is 0 Å². The SMILES string of the molecule is O=C(c1ccn[nH]1)N1CCC[C@H](c2nccnc2Oc2ccc(F)cc2)C1. The summed E-state index contributed by atoms with van der Waals surface area (Å²) >= 11 is 0. The van der Waals surface area contributed by atoms with Gasteiger partial charge in [-0.3, -0.25) is 14.9 Å². The van der Waals surface area contributed by atoms with Gasteiger partial charge in [0.2, 0.25) is 5.88 Å². The lowest BCUT2D eigenvalue weighted by Gasteiger charge is -2.32. The van der Waals surface area contributed by atoms with Gasteiger partial charge in [-0.25, -0.2) is 9.37 Å². The van der Waals surface area contributed by atoms with Gasteiger partial charge in [0.15, 0.2) is 0 Å². The third kappa shape index (κ3) is 3.79. The number of benzene rings is 1. The number of nitrogens with zero attached hydrogens (tertiary/aromatic N) is 4. The largest absolute Gasteiger partial charge is 0.437 e. The Labute approximate surface area is 155 Å². The molecule has 3 heterocycles. The van der Waals surface area contributed by atoms with Crippen molar-refractivity contribution in [1.82, 2.24) is 25.1 Å². The van der Waals surface area contributed by atoms with E-state index in [0.29, 0.717) is 36.1 Å². The van der Waals surface area contributed by atoms with E-state index in [9.17, 15) is 9.18 Å². The van der Waals surface area contributed by atoms with Crippen LogP contribution in [0.1, 0.15) is 34.9 Å². The number of carbonyl (C=O) groups is 1. The van der Waals surface area contributed by atoms with Crippen LogP contribution >= 0.6 is 0 Å². The molecule has 138 valence electrons. The Morgan fingerprint density at radius 2 is 1.96 bits per heavy atom. The van der Waals surface area contributed by atoms with Crippen molar-refractivity contribution < 1.29 is 13.9 Å². The van der Waals surface area contributed by atoms with Crippen LogP contribution in [0, 0.1) is 5.82 Å². The Morgan fingerprint density at radius 3 is 2.74 bits per heavy atom. The summed E-state index contributed by atoms with van der Waals surface area (Å²) in [6.45, 7) is 1.21. The second-order valence-corrected chi connectivity index (χ2v) is 6.36. The normalized spacial score (nSPS) is 16.9. The van der Waals surface area contributed by atoms with Gasteiger partial charge < -0.3 is 9.64 Å². The lowest BCUT2D eigenvalue weighted by molar-refractivity contribution is 0.0698. The summed E-state index contributed by atoms with van der Waals surface area (Å²) in [6.07, 6.45) is 6.47. The molecule has 1 amide bonds. The second-order valence-electron chi connectivity index (χ2n) is 6.36. The Balaban J connectivity index is 1.54. The summed E-state index contributed by atoms with van der Waals surface area (Å²) in [4.78, 5) is 23.1. The number of nitrogens with one attached hydrogen (secondary N) is 1. The molecule has 1 aromatic carbocycles. The molecule has 2 aromatic heterocycles. The molecule has 1 atom stereocenters. The van der Waals surface area contributed by atoms with Crippen molar-refractivity contribution in [3.05, 3.63) is 66.1 Å². The minimum absolute atomic E-state index is 0.00905. The van der Waals surface area contributed by atoms with E-state index in [4.69, 9.17) is 4.74 Å². The molecule has 0 saturated carbocycles. The van der Waals surface area contributed by atoms with Gasteiger partial charge in [-0.15, -0.1) is 0 Å². The summed E-state index contributed by atoms with van der Waals surface area (Å²) in [5, 5.41) is 6.55. The molecular weight excluding hydrogens is 349 g/mol. The summed E-state index contributed by atoms with van der Waals surface area (Å²) in [6, 6.07) is 7.41. The van der Waals surface area contributed by atoms with Crippen LogP contribution in [-0.4, -0.2) is 44.1 Å². The predicted molar refractivity (Wildman–Crippen MR) is 95.0 cm³/mol. The zero-order valence-electron chi connectivity index (χ0n) is 14.5. The Kier molecular flexibility index (Phi) is 4.78. The topological polar surface area (TPSA) is 84.0 Å². The standard InChI is InChI=1S/C19H18FN5O2/c20-14-3-5-15(6-4-14)27-18-17(21-9-10-22-18)13-2-1-11-25(12-13)19(26)16-7-8-23-24-16/h3-10,13H,1-2,11-12H2,(H,23,24)/t13-/m0/s1. The van der Waals surface area contributed by atoms with Crippen molar-refractivity contribution in [2.75, 3.05) is 13.1 Å². The molecule has 1 fully saturated rings. The van der Waals surface area contributed by atoms with E-state index in [0.717, 1.165) is 12.8 Å². The number of H-pyrrole nitrogens is 1. The third-order valence-electron chi connectivity index (χ3n) is 4.55. The maximum atomic E-state index is 13.1. The van der Waals surface area contributed by atoms with E-state index in [1.807, 2.05) is 0 Å². The van der Waals surface area contributed by atoms with Crippen molar-refractivity contribution in [2.45, 2.75) is 18.8 Å². The molecule has 0 radical (unpaired) electrons. The lowest BCUT2D eigenvalue weighted by Crippen LogP contribution is -2.39. The number of aromatic amines is 1. The lowest BCUT2D eigenvalue weighted by atomic mass is 9.94. The highest BCUT2D eigenvalue weighted by atomic mass is 19.1. The zero-order valence-corrected chi connectivity index (χ0v) is 14.5. The van der Waals surface area contributed by atoms with Gasteiger partial charge in [0, 0.05) is 37.6 Å². The summed E-state index contributed by atoms with van der Waals surface area (Å²) in [5.74, 6) is 0.461.